The van der Waals surface area contributed by atoms with Crippen molar-refractivity contribution in [3.63, 3.8) is 0 Å². The van der Waals surface area contributed by atoms with E-state index in [1.165, 1.54) is 6.92 Å². The number of phenols is 2. The molecule has 2 aromatic heterocycles. The first kappa shape index (κ1) is 16.4. The van der Waals surface area contributed by atoms with E-state index in [0.29, 0.717) is 0 Å². The standard InChI is InChI=1S/C17H14O9/c1-3-17(24)13-8-7-5(14(21)26-13)4-6(18)10(19)11(7)25-15(22)9(8)12(20)16(17,2)23/h4,18-20,23-24H,3H2,1-2H3. The van der Waals surface area contributed by atoms with E-state index in [1.54, 1.807) is 0 Å². The Labute approximate surface area is 143 Å². The van der Waals surface area contributed by atoms with Crippen molar-refractivity contribution in [2.24, 2.45) is 0 Å². The Kier molecular flexibility index (Phi) is 2.89. The van der Waals surface area contributed by atoms with Crippen LogP contribution in [0.2, 0.25) is 0 Å². The molecule has 9 nitrogen and oxygen atoms in total. The minimum absolute atomic E-state index is 0.116. The van der Waals surface area contributed by atoms with Crippen LogP contribution in [0.1, 0.15) is 26.0 Å². The Balaban J connectivity index is 2.51. The van der Waals surface area contributed by atoms with E-state index in [2.05, 4.69) is 0 Å². The molecule has 26 heavy (non-hydrogen) atoms. The summed E-state index contributed by atoms with van der Waals surface area (Å²) >= 11 is 0. The lowest BCUT2D eigenvalue weighted by atomic mass is 9.73. The molecule has 136 valence electrons. The van der Waals surface area contributed by atoms with Crippen molar-refractivity contribution in [1.82, 2.24) is 0 Å². The average Bonchev–Trinajstić information content (AvgIpc) is 2.58. The summed E-state index contributed by atoms with van der Waals surface area (Å²) in [6.07, 6.45) is -0.173. The van der Waals surface area contributed by atoms with Crippen molar-refractivity contribution in [2.45, 2.75) is 31.5 Å². The Morgan fingerprint density at radius 1 is 1.04 bits per heavy atom. The van der Waals surface area contributed by atoms with Gasteiger partial charge in [-0.1, -0.05) is 6.92 Å². The van der Waals surface area contributed by atoms with Gasteiger partial charge in [0.25, 0.3) is 0 Å². The van der Waals surface area contributed by atoms with Gasteiger partial charge in [-0.3, -0.25) is 0 Å². The van der Waals surface area contributed by atoms with Crippen LogP contribution in [0.15, 0.2) is 24.5 Å². The highest BCUT2D eigenvalue weighted by Gasteiger charge is 2.55. The first-order valence-electron chi connectivity index (χ1n) is 7.73. The van der Waals surface area contributed by atoms with Gasteiger partial charge in [0.15, 0.2) is 28.3 Å². The highest BCUT2D eigenvalue weighted by Crippen LogP contribution is 2.46. The second-order valence-electron chi connectivity index (χ2n) is 6.49. The molecule has 0 saturated heterocycles. The predicted molar refractivity (Wildman–Crippen MR) is 87.9 cm³/mol. The number of hydrogen-bond donors (Lipinski definition) is 5. The molecule has 9 heteroatoms. The number of phenolic OH excluding ortho intramolecular Hbond substituents is 2. The summed E-state index contributed by atoms with van der Waals surface area (Å²) in [7, 11) is 0. The van der Waals surface area contributed by atoms with Gasteiger partial charge in [-0.05, 0) is 19.4 Å². The van der Waals surface area contributed by atoms with E-state index < -0.39 is 56.3 Å². The fourth-order valence-corrected chi connectivity index (χ4v) is 3.61. The lowest BCUT2D eigenvalue weighted by Gasteiger charge is -2.41. The van der Waals surface area contributed by atoms with Crippen LogP contribution < -0.4 is 16.5 Å². The summed E-state index contributed by atoms with van der Waals surface area (Å²) in [6, 6.07) is 0.922. The summed E-state index contributed by atoms with van der Waals surface area (Å²) in [5.74, 6) is -2.78. The Hall–Kier alpha value is -3.04. The first-order valence-corrected chi connectivity index (χ1v) is 7.73. The Morgan fingerprint density at radius 3 is 2.31 bits per heavy atom. The smallest absolute Gasteiger partial charge is 0.348 e. The van der Waals surface area contributed by atoms with Gasteiger partial charge in [0.1, 0.15) is 11.0 Å². The maximum atomic E-state index is 12.4. The maximum absolute atomic E-state index is 12.4. The molecule has 0 fully saturated rings. The lowest BCUT2D eigenvalue weighted by molar-refractivity contribution is -0.139. The molecule has 3 aromatic rings. The SMILES string of the molecule is CCC1(O)c2oc(=O)c3cc(O)c(O)c4oc(=O)c(c2c43)=C(O)C1(C)O. The van der Waals surface area contributed by atoms with Gasteiger partial charge >= 0.3 is 11.3 Å². The zero-order chi connectivity index (χ0) is 19.2. The van der Waals surface area contributed by atoms with Gasteiger partial charge in [0.05, 0.1) is 5.39 Å². The third-order valence-electron chi connectivity index (χ3n) is 5.17. The average molecular weight is 362 g/mol. The number of rotatable bonds is 1. The van der Waals surface area contributed by atoms with E-state index >= 15 is 0 Å². The molecule has 0 radical (unpaired) electrons. The minimum Gasteiger partial charge on any atom is -0.508 e. The van der Waals surface area contributed by atoms with E-state index in [1.807, 2.05) is 0 Å². The van der Waals surface area contributed by atoms with E-state index in [-0.39, 0.29) is 22.6 Å². The summed E-state index contributed by atoms with van der Waals surface area (Å²) in [4.78, 5) is 24.8. The fraction of sp³-hybridized carbons (Fsp3) is 0.294. The van der Waals surface area contributed by atoms with Crippen LogP contribution in [-0.4, -0.2) is 31.1 Å². The molecule has 0 amide bonds. The third kappa shape index (κ3) is 1.57. The van der Waals surface area contributed by atoms with Crippen molar-refractivity contribution in [1.29, 1.82) is 0 Å². The van der Waals surface area contributed by atoms with Crippen molar-refractivity contribution >= 4 is 27.5 Å². The normalized spacial score (nSPS) is 25.3. The van der Waals surface area contributed by atoms with Crippen LogP contribution in [0.25, 0.3) is 27.5 Å². The van der Waals surface area contributed by atoms with Crippen LogP contribution in [0, 0.1) is 0 Å². The van der Waals surface area contributed by atoms with Gasteiger partial charge in [-0.2, -0.15) is 0 Å². The van der Waals surface area contributed by atoms with Crippen molar-refractivity contribution in [2.75, 3.05) is 0 Å². The number of benzene rings is 1. The van der Waals surface area contributed by atoms with Crippen LogP contribution >= 0.6 is 0 Å². The zero-order valence-corrected chi connectivity index (χ0v) is 13.7. The molecule has 5 N–H and O–H groups in total. The van der Waals surface area contributed by atoms with Gasteiger partial charge < -0.3 is 34.4 Å². The lowest BCUT2D eigenvalue weighted by Crippen LogP contribution is -2.56. The van der Waals surface area contributed by atoms with Crippen molar-refractivity contribution < 1.29 is 34.4 Å². The molecule has 2 heterocycles. The molecule has 2 unspecified atom stereocenters. The number of aliphatic hydroxyl groups excluding tert-OH is 1. The van der Waals surface area contributed by atoms with Crippen molar-refractivity contribution in [3.8, 4) is 11.5 Å². The van der Waals surface area contributed by atoms with E-state index in [9.17, 15) is 35.1 Å². The minimum atomic E-state index is -2.34. The molecule has 1 aliphatic carbocycles. The van der Waals surface area contributed by atoms with Crippen molar-refractivity contribution in [3.05, 3.63) is 37.9 Å². The van der Waals surface area contributed by atoms with E-state index in [4.69, 9.17) is 8.83 Å². The Bertz CT molecular complexity index is 1280. The van der Waals surface area contributed by atoms with Crippen LogP contribution in [0.3, 0.4) is 0 Å². The van der Waals surface area contributed by atoms with Gasteiger partial charge in [-0.25, -0.2) is 9.59 Å². The molecule has 0 spiro atoms. The number of aliphatic hydroxyl groups is 3. The molecule has 4 rings (SSSR count). The quantitative estimate of drug-likeness (QED) is 0.297. The highest BCUT2D eigenvalue weighted by molar-refractivity contribution is 6.11. The predicted octanol–water partition coefficient (Wildman–Crippen LogP) is 0.0579. The molecule has 0 bridgehead atoms. The molecule has 1 aromatic carbocycles. The summed E-state index contributed by atoms with van der Waals surface area (Å²) < 4.78 is 10.2. The first-order chi connectivity index (χ1) is 12.1. The molecular weight excluding hydrogens is 348 g/mol. The van der Waals surface area contributed by atoms with E-state index in [0.717, 1.165) is 13.0 Å². The van der Waals surface area contributed by atoms with Crippen LogP contribution in [-0.2, 0) is 5.60 Å². The molecular formula is C17H14O9. The molecule has 0 saturated carbocycles. The topological polar surface area (TPSA) is 162 Å². The zero-order valence-electron chi connectivity index (χ0n) is 13.7. The van der Waals surface area contributed by atoms with Gasteiger partial charge in [0.2, 0.25) is 5.75 Å². The van der Waals surface area contributed by atoms with Crippen LogP contribution in [0.4, 0.5) is 0 Å². The second kappa shape index (κ2) is 4.57. The van der Waals surface area contributed by atoms with Gasteiger partial charge in [-0.15, -0.1) is 0 Å². The highest BCUT2D eigenvalue weighted by atomic mass is 16.4. The summed E-state index contributed by atoms with van der Waals surface area (Å²) in [6.45, 7) is 2.56. The monoisotopic (exact) mass is 362 g/mol. The number of hydrogen-bond acceptors (Lipinski definition) is 9. The second-order valence-corrected chi connectivity index (χ2v) is 6.49. The molecule has 0 aliphatic heterocycles. The molecule has 2 atom stereocenters. The van der Waals surface area contributed by atoms with Crippen LogP contribution in [0.5, 0.6) is 11.5 Å². The molecule has 1 aliphatic rings. The summed E-state index contributed by atoms with van der Waals surface area (Å²) in [5, 5.41) is 51.0. The van der Waals surface area contributed by atoms with Gasteiger partial charge in [0, 0.05) is 10.8 Å². The maximum Gasteiger partial charge on any atom is 0.348 e. The third-order valence-corrected chi connectivity index (χ3v) is 5.17. The Morgan fingerprint density at radius 2 is 1.69 bits per heavy atom. The summed E-state index contributed by atoms with van der Waals surface area (Å²) in [5.41, 5.74) is -7.21. The fourth-order valence-electron chi connectivity index (χ4n) is 3.61. The largest absolute Gasteiger partial charge is 0.508 e. The number of aromatic hydroxyl groups is 2.